The minimum Gasteiger partial charge on any atom is -0.316 e. The van der Waals surface area contributed by atoms with Gasteiger partial charge in [-0.15, -0.1) is 0 Å². The fourth-order valence-corrected chi connectivity index (χ4v) is 3.72. The zero-order valence-electron chi connectivity index (χ0n) is 13.2. The third kappa shape index (κ3) is 4.13. The first-order valence-electron chi connectivity index (χ1n) is 7.75. The molecular formula is C12H19N5O7S. The van der Waals surface area contributed by atoms with Gasteiger partial charge in [0.2, 0.25) is 5.91 Å². The van der Waals surface area contributed by atoms with Gasteiger partial charge in [0, 0.05) is 19.5 Å². The minimum absolute atomic E-state index is 0.107. The lowest BCUT2D eigenvalue weighted by Crippen LogP contribution is -2.57. The third-order valence-electron chi connectivity index (χ3n) is 4.46. The lowest BCUT2D eigenvalue weighted by Gasteiger charge is -2.28. The van der Waals surface area contributed by atoms with Crippen LogP contribution in [-0.2, 0) is 29.1 Å². The fourth-order valence-electron chi connectivity index (χ4n) is 3.30. The molecule has 3 heterocycles. The molecule has 13 heteroatoms. The van der Waals surface area contributed by atoms with Gasteiger partial charge in [0.15, 0.2) is 11.8 Å². The summed E-state index contributed by atoms with van der Waals surface area (Å²) in [5.74, 6) is -1.70. The summed E-state index contributed by atoms with van der Waals surface area (Å²) >= 11 is 0. The SMILES string of the molecule is O=C1CC2CN(CN2OS(=O)(=O)O)C1C(=O)NNC(=O)[C@@H]1CCNC1. The Labute approximate surface area is 143 Å². The largest absolute Gasteiger partial charge is 0.413 e. The molecule has 2 bridgehead atoms. The number of piperidine rings is 1. The predicted octanol–water partition coefficient (Wildman–Crippen LogP) is -3.24. The molecule has 0 aromatic carbocycles. The molecule has 0 aliphatic carbocycles. The van der Waals surface area contributed by atoms with Crippen LogP contribution in [0.15, 0.2) is 0 Å². The second-order valence-corrected chi connectivity index (χ2v) is 7.23. The Morgan fingerprint density at radius 1 is 1.28 bits per heavy atom. The Morgan fingerprint density at radius 3 is 2.64 bits per heavy atom. The number of carbonyl (C=O) groups is 3. The summed E-state index contributed by atoms with van der Waals surface area (Å²) < 4.78 is 34.8. The first-order chi connectivity index (χ1) is 11.7. The van der Waals surface area contributed by atoms with Crippen molar-refractivity contribution in [2.75, 3.05) is 26.3 Å². The number of hydroxylamine groups is 2. The molecule has 12 nitrogen and oxygen atoms in total. The van der Waals surface area contributed by atoms with Crippen LogP contribution in [-0.4, -0.2) is 78.9 Å². The molecule has 0 saturated carbocycles. The molecule has 0 aromatic rings. The van der Waals surface area contributed by atoms with Gasteiger partial charge in [-0.1, -0.05) is 0 Å². The number of nitrogens with one attached hydrogen (secondary N) is 3. The van der Waals surface area contributed by atoms with Crippen molar-refractivity contribution in [2.24, 2.45) is 5.92 Å². The summed E-state index contributed by atoms with van der Waals surface area (Å²) in [4.78, 5) is 37.8. The van der Waals surface area contributed by atoms with Gasteiger partial charge < -0.3 is 5.32 Å². The van der Waals surface area contributed by atoms with E-state index in [9.17, 15) is 22.8 Å². The Bertz CT molecular complexity index is 677. The first kappa shape index (κ1) is 18.2. The average molecular weight is 377 g/mol. The molecule has 140 valence electrons. The molecule has 4 N–H and O–H groups in total. The third-order valence-corrected chi connectivity index (χ3v) is 4.84. The van der Waals surface area contributed by atoms with E-state index in [0.29, 0.717) is 13.0 Å². The van der Waals surface area contributed by atoms with Crippen molar-refractivity contribution >= 4 is 28.0 Å². The van der Waals surface area contributed by atoms with Gasteiger partial charge in [-0.2, -0.15) is 17.8 Å². The van der Waals surface area contributed by atoms with Gasteiger partial charge in [-0.25, -0.2) is 0 Å². The molecule has 4 atom stereocenters. The zero-order valence-corrected chi connectivity index (χ0v) is 14.0. The Balaban J connectivity index is 1.57. The Morgan fingerprint density at radius 2 is 2.00 bits per heavy atom. The predicted molar refractivity (Wildman–Crippen MR) is 80.5 cm³/mol. The average Bonchev–Trinajstić information content (AvgIpc) is 3.13. The van der Waals surface area contributed by atoms with E-state index in [1.54, 1.807) is 0 Å². The van der Waals surface area contributed by atoms with Crippen LogP contribution in [0.2, 0.25) is 0 Å². The second kappa shape index (κ2) is 6.93. The molecular weight excluding hydrogens is 358 g/mol. The van der Waals surface area contributed by atoms with Crippen molar-refractivity contribution < 1.29 is 31.6 Å². The van der Waals surface area contributed by atoms with Crippen molar-refractivity contribution in [3.8, 4) is 0 Å². The number of hydrogen-bond acceptors (Lipinski definition) is 9. The number of Topliss-reactive ketones (excluding diaryl/α,β-unsaturated/α-hetero) is 1. The molecule has 25 heavy (non-hydrogen) atoms. The van der Waals surface area contributed by atoms with E-state index in [0.717, 1.165) is 11.6 Å². The molecule has 3 saturated heterocycles. The number of carbonyl (C=O) groups excluding carboxylic acids is 3. The first-order valence-corrected chi connectivity index (χ1v) is 9.12. The molecule has 3 rings (SSSR count). The van der Waals surface area contributed by atoms with E-state index in [1.807, 2.05) is 0 Å². The van der Waals surface area contributed by atoms with Gasteiger partial charge in [0.1, 0.15) is 0 Å². The lowest BCUT2D eigenvalue weighted by atomic mass is 9.99. The molecule has 0 radical (unpaired) electrons. The summed E-state index contributed by atoms with van der Waals surface area (Å²) in [5.41, 5.74) is 4.56. The maximum absolute atomic E-state index is 12.3. The van der Waals surface area contributed by atoms with Crippen LogP contribution in [0.25, 0.3) is 0 Å². The van der Waals surface area contributed by atoms with E-state index in [-0.39, 0.29) is 31.5 Å². The normalized spacial score (nSPS) is 32.6. The summed E-state index contributed by atoms with van der Waals surface area (Å²) in [6.45, 7) is 1.33. The summed E-state index contributed by atoms with van der Waals surface area (Å²) in [5, 5.41) is 3.98. The minimum atomic E-state index is -4.71. The number of hydrogen-bond donors (Lipinski definition) is 4. The van der Waals surface area contributed by atoms with Gasteiger partial charge in [-0.3, -0.25) is 34.7 Å². The highest BCUT2D eigenvalue weighted by Crippen LogP contribution is 2.26. The van der Waals surface area contributed by atoms with Gasteiger partial charge >= 0.3 is 10.4 Å². The Kier molecular flexibility index (Phi) is 5.04. The van der Waals surface area contributed by atoms with Crippen LogP contribution < -0.4 is 16.2 Å². The fraction of sp³-hybridized carbons (Fsp3) is 0.750. The van der Waals surface area contributed by atoms with Gasteiger partial charge in [0.05, 0.1) is 18.6 Å². The maximum atomic E-state index is 12.3. The number of rotatable bonds is 4. The molecule has 0 spiro atoms. The lowest BCUT2D eigenvalue weighted by molar-refractivity contribution is -0.140. The van der Waals surface area contributed by atoms with Crippen LogP contribution >= 0.6 is 0 Å². The second-order valence-electron chi connectivity index (χ2n) is 6.23. The van der Waals surface area contributed by atoms with Crippen LogP contribution in [0.3, 0.4) is 0 Å². The highest BCUT2D eigenvalue weighted by molar-refractivity contribution is 7.80. The number of ketones is 1. The summed E-state index contributed by atoms with van der Waals surface area (Å²) in [7, 11) is -4.71. The van der Waals surface area contributed by atoms with Gasteiger partial charge in [0.25, 0.3) is 5.91 Å². The summed E-state index contributed by atoms with van der Waals surface area (Å²) in [6, 6.07) is -1.73. The van der Waals surface area contributed by atoms with E-state index < -0.39 is 34.2 Å². The molecule has 2 amide bonds. The van der Waals surface area contributed by atoms with Crippen LogP contribution in [0.5, 0.6) is 0 Å². The quantitative estimate of drug-likeness (QED) is 0.223. The topological polar surface area (TPSA) is 157 Å². The molecule has 3 unspecified atom stereocenters. The zero-order chi connectivity index (χ0) is 18.2. The van der Waals surface area contributed by atoms with Crippen LogP contribution in [0, 0.1) is 5.92 Å². The highest BCUT2D eigenvalue weighted by atomic mass is 32.3. The number of fused-ring (bicyclic) bond motifs is 2. The van der Waals surface area contributed by atoms with Crippen LogP contribution in [0.4, 0.5) is 0 Å². The highest BCUT2D eigenvalue weighted by Gasteiger charge is 2.48. The number of nitrogens with zero attached hydrogens (tertiary/aromatic N) is 2. The summed E-state index contributed by atoms with van der Waals surface area (Å²) in [6.07, 6.45) is 0.560. The molecule has 3 fully saturated rings. The van der Waals surface area contributed by atoms with E-state index >= 15 is 0 Å². The number of amides is 2. The Hall–Kier alpha value is -1.64. The molecule has 3 aliphatic rings. The monoisotopic (exact) mass is 377 g/mol. The van der Waals surface area contributed by atoms with Crippen molar-refractivity contribution in [3.63, 3.8) is 0 Å². The van der Waals surface area contributed by atoms with E-state index in [2.05, 4.69) is 20.5 Å². The van der Waals surface area contributed by atoms with Crippen molar-refractivity contribution in [1.82, 2.24) is 26.1 Å². The number of hydrazine groups is 1. The standard InChI is InChI=1S/C12H19N5O7S/c18-9-3-8-5-16(6-17(8)24-25(21,22)23)10(9)12(20)15-14-11(19)7-1-2-13-4-7/h7-8,10,13H,1-6H2,(H,14,19)(H,15,20)(H,21,22,23)/t7-,8?,10?/m1/s1. The van der Waals surface area contributed by atoms with E-state index in [4.69, 9.17) is 4.55 Å². The molecule has 3 aliphatic heterocycles. The van der Waals surface area contributed by atoms with E-state index in [1.165, 1.54) is 4.90 Å². The van der Waals surface area contributed by atoms with Gasteiger partial charge in [-0.05, 0) is 13.0 Å². The molecule has 0 aromatic heterocycles. The van der Waals surface area contributed by atoms with Crippen molar-refractivity contribution in [3.05, 3.63) is 0 Å². The van der Waals surface area contributed by atoms with Crippen molar-refractivity contribution in [2.45, 2.75) is 24.9 Å². The smallest absolute Gasteiger partial charge is 0.316 e. The van der Waals surface area contributed by atoms with Crippen molar-refractivity contribution in [1.29, 1.82) is 0 Å². The van der Waals surface area contributed by atoms with Crippen LogP contribution in [0.1, 0.15) is 12.8 Å². The maximum Gasteiger partial charge on any atom is 0.413 e.